The fourth-order valence-corrected chi connectivity index (χ4v) is 6.49. The van der Waals surface area contributed by atoms with E-state index in [2.05, 4.69) is 56.0 Å². The Balaban J connectivity index is 1.19. The first-order valence-corrected chi connectivity index (χ1v) is 22.2. The molecule has 0 spiro atoms. The van der Waals surface area contributed by atoms with Gasteiger partial charge in [0.2, 0.25) is 17.8 Å². The number of aliphatic carboxylic acids is 1. The molecule has 0 saturated heterocycles. The highest BCUT2D eigenvalue weighted by Gasteiger charge is 2.28. The van der Waals surface area contributed by atoms with Gasteiger partial charge in [0.15, 0.2) is 17.0 Å². The Morgan fingerprint density at radius 3 is 2.11 bits per heavy atom. The van der Waals surface area contributed by atoms with Crippen molar-refractivity contribution in [3.63, 3.8) is 0 Å². The summed E-state index contributed by atoms with van der Waals surface area (Å²) >= 11 is 1.80. The van der Waals surface area contributed by atoms with Crippen LogP contribution in [0.1, 0.15) is 82.3 Å². The Morgan fingerprint density at radius 2 is 1.48 bits per heavy atom. The molecule has 2 heterocycles. The summed E-state index contributed by atoms with van der Waals surface area (Å²) in [6, 6.07) is 5.36. The van der Waals surface area contributed by atoms with Crippen molar-refractivity contribution < 1.29 is 43.2 Å². The van der Waals surface area contributed by atoms with Gasteiger partial charge in [-0.15, -0.1) is 0 Å². The molecule has 0 bridgehead atoms. The Morgan fingerprint density at radius 1 is 0.855 bits per heavy atom. The number of ether oxygens (including phenoxy) is 4. The first-order chi connectivity index (χ1) is 29.5. The number of nitrogen functional groups attached to an aromatic ring is 2. The third-order valence-electron chi connectivity index (χ3n) is 9.76. The fourth-order valence-electron chi connectivity index (χ4n) is 5.80. The minimum Gasteiger partial charge on any atom is -0.480 e. The van der Waals surface area contributed by atoms with Crippen molar-refractivity contribution in [1.29, 1.82) is 0 Å². The zero-order valence-electron chi connectivity index (χ0n) is 37.0. The van der Waals surface area contributed by atoms with Crippen LogP contribution in [0.5, 0.6) is 0 Å². The molecule has 3 rings (SSSR count). The van der Waals surface area contributed by atoms with Crippen molar-refractivity contribution >= 4 is 64.1 Å². The number of aromatic nitrogens is 4. The number of carboxylic acids is 1. The van der Waals surface area contributed by atoms with Gasteiger partial charge in [0.05, 0.1) is 50.5 Å². The quantitative estimate of drug-likeness (QED) is 0.0507. The monoisotopic (exact) mass is 886 g/mol. The molecular weight excluding hydrogens is 821 g/mol. The molecule has 0 aliphatic rings. The largest absolute Gasteiger partial charge is 0.480 e. The van der Waals surface area contributed by atoms with Gasteiger partial charge in [0.25, 0.3) is 5.91 Å². The number of hydrogen-bond donors (Lipinski definition) is 6. The number of carbonyl (C=O) groups excluding carboxylic acids is 3. The predicted octanol–water partition coefficient (Wildman–Crippen LogP) is 3.21. The van der Waals surface area contributed by atoms with Gasteiger partial charge >= 0.3 is 5.97 Å². The number of anilines is 3. The maximum absolute atomic E-state index is 12.9. The van der Waals surface area contributed by atoms with E-state index in [1.165, 1.54) is 0 Å². The number of fused-ring (bicyclic) bond motifs is 1. The van der Waals surface area contributed by atoms with Crippen molar-refractivity contribution in [2.45, 2.75) is 84.4 Å². The second kappa shape index (κ2) is 26.6. The Labute approximate surface area is 368 Å². The van der Waals surface area contributed by atoms with Crippen LogP contribution in [-0.2, 0) is 39.9 Å². The maximum atomic E-state index is 12.9. The summed E-state index contributed by atoms with van der Waals surface area (Å²) in [6.45, 7) is 12.4. The van der Waals surface area contributed by atoms with Crippen LogP contribution in [0.4, 0.5) is 17.5 Å². The smallest absolute Gasteiger partial charge is 0.326 e. The lowest BCUT2D eigenvalue weighted by Gasteiger charge is -2.29. The molecule has 3 amide bonds. The molecule has 0 saturated carbocycles. The number of carbonyl (C=O) groups is 4. The van der Waals surface area contributed by atoms with E-state index in [0.29, 0.717) is 102 Å². The lowest BCUT2D eigenvalue weighted by atomic mass is 9.88. The molecule has 20 heteroatoms. The normalized spacial score (nSPS) is 12.2. The number of nitrogens with one attached hydrogen (secondary N) is 3. The number of amides is 3. The summed E-state index contributed by atoms with van der Waals surface area (Å²) in [6.07, 6.45) is 6.36. The average molecular weight is 887 g/mol. The molecular formula is C42H66N10O9S. The van der Waals surface area contributed by atoms with Gasteiger partial charge in [0, 0.05) is 63.0 Å². The third-order valence-corrected chi connectivity index (χ3v) is 10.4. The first kappa shape index (κ1) is 51.5. The Bertz CT molecular complexity index is 1870. The number of hydrogen-bond acceptors (Lipinski definition) is 16. The van der Waals surface area contributed by atoms with Gasteiger partial charge in [0.1, 0.15) is 6.04 Å². The highest BCUT2D eigenvalue weighted by molar-refractivity contribution is 7.98. The van der Waals surface area contributed by atoms with Gasteiger partial charge in [-0.1, -0.05) is 13.8 Å². The SMILES string of the molecule is CSCCC(C)(C)OCCC(C)(C)C(=O)NCCCOCCOCCOCCCNC(=O)CCC(NC(=O)c1ccc(N(C)Cc2cnc3nc(N)nc(N)c3n2)cc1)C(=O)O. The van der Waals surface area contributed by atoms with Crippen LogP contribution in [0.3, 0.4) is 0 Å². The van der Waals surface area contributed by atoms with Crippen LogP contribution in [0.15, 0.2) is 30.5 Å². The van der Waals surface area contributed by atoms with Crippen molar-refractivity contribution in [3.05, 3.63) is 41.7 Å². The number of nitrogens with two attached hydrogens (primary N) is 2. The standard InChI is InChI=1S/C42H66N10O9S/c1-41(2,15-21-61-42(3,4)16-26-62-6)39(57)46-18-8-20-59-23-25-60-24-22-58-19-7-17-45-33(53)14-13-32(38(55)56)49-37(54)29-9-11-31(12-10-29)52(5)28-30-27-47-36-34(48-30)35(43)50-40(44)51-36/h9-12,27,32H,7-8,13-26,28H2,1-6H3,(H,45,53)(H,46,57)(H,49,54)(H,55,56)(H4,43,44,47,50,51). The second-order valence-electron chi connectivity index (χ2n) is 15.9. The minimum atomic E-state index is -1.25. The lowest BCUT2D eigenvalue weighted by Crippen LogP contribution is -2.41. The van der Waals surface area contributed by atoms with Crippen molar-refractivity contribution in [3.8, 4) is 0 Å². The minimum absolute atomic E-state index is 0.00774. The van der Waals surface area contributed by atoms with Crippen LogP contribution >= 0.6 is 11.8 Å². The molecule has 2 aromatic heterocycles. The van der Waals surface area contributed by atoms with Crippen molar-refractivity contribution in [2.75, 3.05) is 94.8 Å². The van der Waals surface area contributed by atoms with Gasteiger partial charge in [-0.2, -0.15) is 21.7 Å². The summed E-state index contributed by atoms with van der Waals surface area (Å²) in [7, 11) is 1.83. The molecule has 0 aliphatic carbocycles. The lowest BCUT2D eigenvalue weighted by molar-refractivity contribution is -0.139. The summed E-state index contributed by atoms with van der Waals surface area (Å²) < 4.78 is 22.7. The molecule has 344 valence electrons. The van der Waals surface area contributed by atoms with Gasteiger partial charge in [-0.25, -0.2) is 14.8 Å². The van der Waals surface area contributed by atoms with Gasteiger partial charge in [-0.3, -0.25) is 14.4 Å². The summed E-state index contributed by atoms with van der Waals surface area (Å²) in [5.41, 5.74) is 13.1. The average Bonchev–Trinajstić information content (AvgIpc) is 3.22. The zero-order chi connectivity index (χ0) is 45.5. The van der Waals surface area contributed by atoms with Crippen LogP contribution in [0.2, 0.25) is 0 Å². The Kier molecular flexibility index (Phi) is 22.0. The number of thioether (sulfide) groups is 1. The maximum Gasteiger partial charge on any atom is 0.326 e. The van der Waals surface area contributed by atoms with Crippen molar-refractivity contribution in [2.24, 2.45) is 5.41 Å². The predicted molar refractivity (Wildman–Crippen MR) is 240 cm³/mol. The molecule has 19 nitrogen and oxygen atoms in total. The zero-order valence-corrected chi connectivity index (χ0v) is 37.8. The summed E-state index contributed by atoms with van der Waals surface area (Å²) in [4.78, 5) is 68.4. The molecule has 0 radical (unpaired) electrons. The van der Waals surface area contributed by atoms with Crippen LogP contribution in [0.25, 0.3) is 11.2 Å². The number of carboxylic acid groups (broad SMARTS) is 1. The van der Waals surface area contributed by atoms with E-state index in [1.54, 1.807) is 42.2 Å². The van der Waals surface area contributed by atoms with Crippen LogP contribution in [0, 0.1) is 5.41 Å². The van der Waals surface area contributed by atoms with E-state index in [0.717, 1.165) is 17.9 Å². The highest BCUT2D eigenvalue weighted by atomic mass is 32.2. The van der Waals surface area contributed by atoms with E-state index in [-0.39, 0.29) is 47.6 Å². The van der Waals surface area contributed by atoms with Gasteiger partial charge < -0.3 is 56.4 Å². The fraction of sp³-hybridized carbons (Fsp3) is 0.619. The summed E-state index contributed by atoms with van der Waals surface area (Å²) in [5.74, 6) is -0.956. The van der Waals surface area contributed by atoms with E-state index in [9.17, 15) is 24.3 Å². The molecule has 62 heavy (non-hydrogen) atoms. The number of rotatable bonds is 31. The van der Waals surface area contributed by atoms with Crippen LogP contribution in [-0.4, -0.2) is 139 Å². The molecule has 1 unspecified atom stereocenters. The molecule has 0 fully saturated rings. The number of benzene rings is 1. The molecule has 1 atom stereocenters. The third kappa shape index (κ3) is 19.0. The molecule has 8 N–H and O–H groups in total. The van der Waals surface area contributed by atoms with E-state index >= 15 is 0 Å². The first-order valence-electron chi connectivity index (χ1n) is 20.8. The highest BCUT2D eigenvalue weighted by Crippen LogP contribution is 2.24. The molecule has 0 aliphatic heterocycles. The van der Waals surface area contributed by atoms with Gasteiger partial charge in [-0.05, 0) is 82.2 Å². The van der Waals surface area contributed by atoms with E-state index < -0.39 is 23.3 Å². The van der Waals surface area contributed by atoms with Crippen molar-refractivity contribution in [1.82, 2.24) is 35.9 Å². The number of nitrogens with zero attached hydrogens (tertiary/aromatic N) is 5. The Hall–Kier alpha value is -4.89. The molecule has 3 aromatic rings. The van der Waals surface area contributed by atoms with Crippen LogP contribution < -0.4 is 32.3 Å². The summed E-state index contributed by atoms with van der Waals surface area (Å²) in [5, 5.41) is 17.9. The second-order valence-corrected chi connectivity index (χ2v) is 16.9. The topological polar surface area (TPSA) is 268 Å². The molecule has 1 aromatic carbocycles. The van der Waals surface area contributed by atoms with E-state index in [1.807, 2.05) is 25.8 Å². The van der Waals surface area contributed by atoms with E-state index in [4.69, 9.17) is 30.4 Å².